The Morgan fingerprint density at radius 2 is 1.74 bits per heavy atom. The van der Waals surface area contributed by atoms with E-state index < -0.39 is 0 Å². The van der Waals surface area contributed by atoms with Crippen molar-refractivity contribution in [3.63, 3.8) is 0 Å². The van der Waals surface area contributed by atoms with E-state index in [-0.39, 0.29) is 0 Å². The summed E-state index contributed by atoms with van der Waals surface area (Å²) in [4.78, 5) is 4.58. The maximum Gasteiger partial charge on any atom is 0.128 e. The maximum atomic E-state index is 6.08. The van der Waals surface area contributed by atoms with Crippen LogP contribution in [0.2, 0.25) is 0 Å². The first-order valence-electron chi connectivity index (χ1n) is 12.2. The van der Waals surface area contributed by atoms with Crippen LogP contribution in [0.5, 0.6) is 5.75 Å². The highest BCUT2D eigenvalue weighted by molar-refractivity contribution is 5.78. The SMILES string of the molecule is C/C=C(C)\C=N/C(Nc1ccc(C)c(OCC(CC)CC)c1)=C(C)C.CC.CC1CC1. The lowest BCUT2D eigenvalue weighted by molar-refractivity contribution is 0.239. The lowest BCUT2D eigenvalue weighted by Gasteiger charge is -2.17. The van der Waals surface area contributed by atoms with Crippen molar-refractivity contribution < 1.29 is 4.74 Å². The third kappa shape index (κ3) is 13.1. The van der Waals surface area contributed by atoms with Gasteiger partial charge in [0.2, 0.25) is 0 Å². The van der Waals surface area contributed by atoms with Crippen LogP contribution in [0.25, 0.3) is 0 Å². The van der Waals surface area contributed by atoms with Crippen LogP contribution in [0.15, 0.2) is 46.2 Å². The second kappa shape index (κ2) is 16.6. The summed E-state index contributed by atoms with van der Waals surface area (Å²) in [5.41, 5.74) is 4.43. The van der Waals surface area contributed by atoms with E-state index in [0.29, 0.717) is 5.92 Å². The summed E-state index contributed by atoms with van der Waals surface area (Å²) in [6.45, 7) is 21.7. The highest BCUT2D eigenvalue weighted by Gasteiger charge is 2.12. The molecular formula is C28H48N2O. The van der Waals surface area contributed by atoms with Crippen LogP contribution in [0.4, 0.5) is 5.69 Å². The molecule has 0 aliphatic heterocycles. The minimum absolute atomic E-state index is 0.609. The fourth-order valence-corrected chi connectivity index (χ4v) is 2.40. The van der Waals surface area contributed by atoms with Crippen molar-refractivity contribution in [3.8, 4) is 5.75 Å². The Morgan fingerprint density at radius 3 is 2.19 bits per heavy atom. The predicted octanol–water partition coefficient (Wildman–Crippen LogP) is 8.95. The quantitative estimate of drug-likeness (QED) is 0.398. The van der Waals surface area contributed by atoms with E-state index in [0.717, 1.165) is 59.3 Å². The van der Waals surface area contributed by atoms with Crippen molar-refractivity contribution in [2.45, 2.75) is 94.9 Å². The average Bonchev–Trinajstić information content (AvgIpc) is 3.57. The summed E-state index contributed by atoms with van der Waals surface area (Å²) in [5, 5.41) is 3.42. The van der Waals surface area contributed by atoms with Gasteiger partial charge in [-0.3, -0.25) is 0 Å². The monoisotopic (exact) mass is 428 g/mol. The molecule has 1 aliphatic rings. The van der Waals surface area contributed by atoms with Crippen molar-refractivity contribution >= 4 is 11.9 Å². The molecule has 0 aromatic heterocycles. The average molecular weight is 429 g/mol. The number of nitrogens with zero attached hydrogens (tertiary/aromatic N) is 1. The zero-order valence-corrected chi connectivity index (χ0v) is 21.9. The number of rotatable bonds is 9. The molecule has 0 saturated heterocycles. The van der Waals surface area contributed by atoms with Crippen molar-refractivity contribution in [1.29, 1.82) is 0 Å². The first-order valence-corrected chi connectivity index (χ1v) is 12.2. The topological polar surface area (TPSA) is 33.6 Å². The summed E-state index contributed by atoms with van der Waals surface area (Å²) >= 11 is 0. The van der Waals surface area contributed by atoms with Gasteiger partial charge in [-0.2, -0.15) is 0 Å². The minimum atomic E-state index is 0.609. The number of hydrogen-bond acceptors (Lipinski definition) is 3. The van der Waals surface area contributed by atoms with Crippen molar-refractivity contribution in [2.75, 3.05) is 11.9 Å². The molecule has 1 aromatic carbocycles. The number of allylic oxidation sites excluding steroid dienone is 3. The molecule has 1 aliphatic carbocycles. The maximum absolute atomic E-state index is 6.08. The third-order valence-corrected chi connectivity index (χ3v) is 5.27. The van der Waals surface area contributed by atoms with Crippen molar-refractivity contribution in [1.82, 2.24) is 0 Å². The summed E-state index contributed by atoms with van der Waals surface area (Å²) < 4.78 is 6.08. The fourth-order valence-electron chi connectivity index (χ4n) is 2.40. The predicted molar refractivity (Wildman–Crippen MR) is 140 cm³/mol. The van der Waals surface area contributed by atoms with Gasteiger partial charge < -0.3 is 10.1 Å². The molecule has 0 radical (unpaired) electrons. The van der Waals surface area contributed by atoms with Crippen LogP contribution in [-0.2, 0) is 0 Å². The molecule has 0 amide bonds. The minimum Gasteiger partial charge on any atom is -0.493 e. The van der Waals surface area contributed by atoms with Crippen LogP contribution in [0.1, 0.15) is 93.6 Å². The molecule has 0 unspecified atom stereocenters. The highest BCUT2D eigenvalue weighted by atomic mass is 16.5. The van der Waals surface area contributed by atoms with Gasteiger partial charge in [-0.25, -0.2) is 4.99 Å². The van der Waals surface area contributed by atoms with Gasteiger partial charge in [-0.1, -0.05) is 72.4 Å². The van der Waals surface area contributed by atoms with E-state index in [1.807, 2.05) is 40.0 Å². The Morgan fingerprint density at radius 1 is 1.16 bits per heavy atom. The number of nitrogens with one attached hydrogen (secondary N) is 1. The van der Waals surface area contributed by atoms with Crippen molar-refractivity contribution in [3.05, 3.63) is 46.8 Å². The van der Waals surface area contributed by atoms with Gasteiger partial charge in [-0.15, -0.1) is 0 Å². The van der Waals surface area contributed by atoms with E-state index in [4.69, 9.17) is 4.74 Å². The second-order valence-electron chi connectivity index (χ2n) is 8.42. The standard InChI is InChI=1S/C22H34N2O.C4H8.C2H6/c1-8-17(6)14-23-22(16(4)5)24-20-12-11-18(7)21(13-20)25-15-19(9-2)10-3;1-4-2-3-4;1-2/h8,11-14,19,24H,9-10,15H2,1-7H3;4H,2-3H2,1H3;1-2H3/b17-8-,23-14-;;. The van der Waals surface area contributed by atoms with Gasteiger partial charge in [0, 0.05) is 18.0 Å². The zero-order valence-electron chi connectivity index (χ0n) is 21.9. The molecule has 1 N–H and O–H groups in total. The number of aryl methyl sites for hydroxylation is 1. The van der Waals surface area contributed by atoms with Crippen LogP contribution < -0.4 is 10.1 Å². The van der Waals surface area contributed by atoms with Crippen LogP contribution in [-0.4, -0.2) is 12.8 Å². The van der Waals surface area contributed by atoms with E-state index >= 15 is 0 Å². The Hall–Kier alpha value is -2.03. The number of ether oxygens (including phenoxy) is 1. The van der Waals surface area contributed by atoms with Gasteiger partial charge >= 0.3 is 0 Å². The third-order valence-electron chi connectivity index (χ3n) is 5.27. The molecule has 3 heteroatoms. The zero-order chi connectivity index (χ0) is 23.8. The van der Waals surface area contributed by atoms with Crippen LogP contribution in [0, 0.1) is 18.8 Å². The largest absolute Gasteiger partial charge is 0.493 e. The van der Waals surface area contributed by atoms with Gasteiger partial charge in [-0.05, 0) is 69.2 Å². The van der Waals surface area contributed by atoms with Gasteiger partial charge in [0.05, 0.1) is 6.61 Å². The number of hydrogen-bond donors (Lipinski definition) is 1. The summed E-state index contributed by atoms with van der Waals surface area (Å²) in [6.07, 6.45) is 9.19. The summed E-state index contributed by atoms with van der Waals surface area (Å²) in [5.74, 6) is 3.51. The van der Waals surface area contributed by atoms with Gasteiger partial charge in [0.25, 0.3) is 0 Å². The Labute approximate surface area is 193 Å². The Bertz CT molecular complexity index is 704. The second-order valence-corrected chi connectivity index (χ2v) is 8.42. The molecule has 0 spiro atoms. The lowest BCUT2D eigenvalue weighted by atomic mass is 10.1. The molecule has 176 valence electrons. The van der Waals surface area contributed by atoms with Crippen LogP contribution in [0.3, 0.4) is 0 Å². The summed E-state index contributed by atoms with van der Waals surface area (Å²) in [7, 11) is 0. The number of aliphatic imine (C=N–C) groups is 1. The first kappa shape index (κ1) is 29.0. The van der Waals surface area contributed by atoms with Gasteiger partial charge in [0.15, 0.2) is 0 Å². The molecule has 3 nitrogen and oxygen atoms in total. The highest BCUT2D eigenvalue weighted by Crippen LogP contribution is 2.27. The fraction of sp³-hybridized carbons (Fsp3) is 0.607. The van der Waals surface area contributed by atoms with E-state index in [9.17, 15) is 0 Å². The smallest absolute Gasteiger partial charge is 0.128 e. The first-order chi connectivity index (χ1) is 14.8. The molecule has 0 heterocycles. The molecule has 0 bridgehead atoms. The number of benzene rings is 1. The van der Waals surface area contributed by atoms with Gasteiger partial charge in [0.1, 0.15) is 11.6 Å². The Kier molecular flexibility index (Phi) is 15.5. The van der Waals surface area contributed by atoms with E-state index in [1.165, 1.54) is 12.8 Å². The number of anilines is 1. The van der Waals surface area contributed by atoms with Crippen LogP contribution >= 0.6 is 0 Å². The van der Waals surface area contributed by atoms with E-state index in [2.05, 4.69) is 70.1 Å². The molecule has 0 atom stereocenters. The molecule has 2 rings (SSSR count). The van der Waals surface area contributed by atoms with Crippen molar-refractivity contribution in [2.24, 2.45) is 16.8 Å². The van der Waals surface area contributed by atoms with E-state index in [1.54, 1.807) is 0 Å². The molecular weight excluding hydrogens is 380 g/mol. The molecule has 1 aromatic rings. The Balaban J connectivity index is 0.00000130. The molecule has 1 fully saturated rings. The normalized spacial score (nSPS) is 13.2. The molecule has 31 heavy (non-hydrogen) atoms. The summed E-state index contributed by atoms with van der Waals surface area (Å²) in [6, 6.07) is 6.23. The lowest BCUT2D eigenvalue weighted by Crippen LogP contribution is -2.11. The molecule has 1 saturated carbocycles.